The van der Waals surface area contributed by atoms with E-state index >= 15 is 0 Å². The minimum Gasteiger partial charge on any atom is -0.475 e. The number of hydroxylamine groups is 2. The number of urea groups is 1. The second-order valence-corrected chi connectivity index (χ2v) is 5.67. The Morgan fingerprint density at radius 1 is 1.31 bits per heavy atom. The van der Waals surface area contributed by atoms with E-state index in [1.165, 1.54) is 7.05 Å². The SMILES string of the molecule is CNC(=O)N(O)CC#Cc1cccc(C2=N[C@@H](c3ccccc3)CO2)c1. The van der Waals surface area contributed by atoms with E-state index < -0.39 is 6.03 Å². The maximum Gasteiger partial charge on any atom is 0.341 e. The maximum absolute atomic E-state index is 11.2. The molecule has 2 aromatic rings. The van der Waals surface area contributed by atoms with Crippen molar-refractivity contribution in [3.05, 3.63) is 71.3 Å². The Morgan fingerprint density at radius 3 is 2.88 bits per heavy atom. The van der Waals surface area contributed by atoms with E-state index in [1.807, 2.05) is 54.6 Å². The van der Waals surface area contributed by atoms with Crippen LogP contribution in [0, 0.1) is 11.8 Å². The van der Waals surface area contributed by atoms with Crippen LogP contribution < -0.4 is 5.32 Å². The zero-order valence-corrected chi connectivity index (χ0v) is 14.3. The predicted octanol–water partition coefficient (Wildman–Crippen LogP) is 2.59. The van der Waals surface area contributed by atoms with Crippen molar-refractivity contribution in [1.82, 2.24) is 10.4 Å². The number of benzene rings is 2. The summed E-state index contributed by atoms with van der Waals surface area (Å²) < 4.78 is 5.75. The molecule has 0 saturated carbocycles. The number of carbonyl (C=O) groups is 1. The second-order valence-electron chi connectivity index (χ2n) is 5.67. The van der Waals surface area contributed by atoms with Crippen molar-refractivity contribution >= 4 is 11.9 Å². The molecule has 26 heavy (non-hydrogen) atoms. The normalized spacial score (nSPS) is 15.3. The third-order valence-electron chi connectivity index (χ3n) is 3.85. The molecule has 1 aliphatic rings. The van der Waals surface area contributed by atoms with E-state index in [0.717, 1.165) is 16.7 Å². The molecular formula is C20H19N3O3. The zero-order valence-electron chi connectivity index (χ0n) is 14.3. The summed E-state index contributed by atoms with van der Waals surface area (Å²) in [7, 11) is 1.44. The largest absolute Gasteiger partial charge is 0.475 e. The lowest BCUT2D eigenvalue weighted by atomic mass is 10.1. The molecule has 0 unspecified atom stereocenters. The number of rotatable bonds is 3. The summed E-state index contributed by atoms with van der Waals surface area (Å²) in [5.74, 6) is 6.27. The Balaban J connectivity index is 1.71. The van der Waals surface area contributed by atoms with Gasteiger partial charge in [-0.1, -0.05) is 48.2 Å². The van der Waals surface area contributed by atoms with Crippen molar-refractivity contribution in [3.8, 4) is 11.8 Å². The van der Waals surface area contributed by atoms with E-state index in [0.29, 0.717) is 17.6 Å². The monoisotopic (exact) mass is 349 g/mol. The summed E-state index contributed by atoms with van der Waals surface area (Å²) in [6.07, 6.45) is 0. The minimum atomic E-state index is -0.603. The summed E-state index contributed by atoms with van der Waals surface area (Å²) in [5, 5.41) is 12.3. The number of nitrogens with one attached hydrogen (secondary N) is 1. The van der Waals surface area contributed by atoms with Gasteiger partial charge in [-0.15, -0.1) is 0 Å². The smallest absolute Gasteiger partial charge is 0.341 e. The van der Waals surface area contributed by atoms with Crippen LogP contribution in [0.2, 0.25) is 0 Å². The molecule has 2 N–H and O–H groups in total. The summed E-state index contributed by atoms with van der Waals surface area (Å²) in [4.78, 5) is 15.9. The van der Waals surface area contributed by atoms with Gasteiger partial charge in [0.2, 0.25) is 5.90 Å². The maximum atomic E-state index is 11.2. The average Bonchev–Trinajstić information content (AvgIpc) is 3.18. The molecular weight excluding hydrogens is 330 g/mol. The van der Waals surface area contributed by atoms with E-state index in [9.17, 15) is 10.0 Å². The fraction of sp³-hybridized carbons (Fsp3) is 0.200. The van der Waals surface area contributed by atoms with E-state index in [-0.39, 0.29) is 12.6 Å². The number of hydrogen-bond acceptors (Lipinski definition) is 4. The van der Waals surface area contributed by atoms with Crippen LogP contribution >= 0.6 is 0 Å². The minimum absolute atomic E-state index is 0.00329. The van der Waals surface area contributed by atoms with Gasteiger partial charge in [0.15, 0.2) is 0 Å². The predicted molar refractivity (Wildman–Crippen MR) is 97.9 cm³/mol. The van der Waals surface area contributed by atoms with Crippen LogP contribution in [0.4, 0.5) is 4.79 Å². The zero-order chi connectivity index (χ0) is 18.4. The van der Waals surface area contributed by atoms with Gasteiger partial charge in [0.05, 0.1) is 0 Å². The van der Waals surface area contributed by atoms with Gasteiger partial charge in [0.1, 0.15) is 19.2 Å². The quantitative estimate of drug-likeness (QED) is 0.508. The van der Waals surface area contributed by atoms with Gasteiger partial charge in [-0.05, 0) is 23.8 Å². The third-order valence-corrected chi connectivity index (χ3v) is 3.85. The van der Waals surface area contributed by atoms with Crippen LogP contribution in [0.25, 0.3) is 0 Å². The average molecular weight is 349 g/mol. The number of amides is 2. The van der Waals surface area contributed by atoms with Gasteiger partial charge in [-0.3, -0.25) is 5.21 Å². The molecule has 6 nitrogen and oxygen atoms in total. The van der Waals surface area contributed by atoms with Crippen LogP contribution in [-0.4, -0.2) is 42.4 Å². The molecule has 0 radical (unpaired) electrons. The highest BCUT2D eigenvalue weighted by Gasteiger charge is 2.21. The van der Waals surface area contributed by atoms with Crippen molar-refractivity contribution in [2.45, 2.75) is 6.04 Å². The first-order valence-corrected chi connectivity index (χ1v) is 8.20. The van der Waals surface area contributed by atoms with Gasteiger partial charge < -0.3 is 10.1 Å². The van der Waals surface area contributed by atoms with Crippen molar-refractivity contribution in [1.29, 1.82) is 0 Å². The number of carbonyl (C=O) groups excluding carboxylic acids is 1. The molecule has 2 amide bonds. The highest BCUT2D eigenvalue weighted by Crippen LogP contribution is 2.25. The molecule has 2 aromatic carbocycles. The van der Waals surface area contributed by atoms with Gasteiger partial charge in [-0.2, -0.15) is 5.06 Å². The number of hydrogen-bond donors (Lipinski definition) is 2. The lowest BCUT2D eigenvalue weighted by Crippen LogP contribution is -2.35. The fourth-order valence-corrected chi connectivity index (χ4v) is 2.53. The molecule has 1 aliphatic heterocycles. The van der Waals surface area contributed by atoms with Crippen LogP contribution in [-0.2, 0) is 4.74 Å². The summed E-state index contributed by atoms with van der Waals surface area (Å²) >= 11 is 0. The topological polar surface area (TPSA) is 74.2 Å². The highest BCUT2D eigenvalue weighted by atomic mass is 16.5. The molecule has 0 fully saturated rings. The first kappa shape index (κ1) is 17.5. The Morgan fingerprint density at radius 2 is 2.12 bits per heavy atom. The number of ether oxygens (including phenoxy) is 1. The summed E-state index contributed by atoms with van der Waals surface area (Å²) in [5.41, 5.74) is 2.72. The van der Waals surface area contributed by atoms with Crippen LogP contribution in [0.3, 0.4) is 0 Å². The van der Waals surface area contributed by atoms with Gasteiger partial charge >= 0.3 is 6.03 Å². The Labute approximate surface area is 152 Å². The van der Waals surface area contributed by atoms with Crippen molar-refractivity contribution in [2.24, 2.45) is 4.99 Å². The second kappa shape index (κ2) is 8.19. The summed E-state index contributed by atoms with van der Waals surface area (Å²) in [6.45, 7) is 0.429. The first-order chi connectivity index (χ1) is 12.7. The molecule has 0 aromatic heterocycles. The molecule has 3 rings (SSSR count). The van der Waals surface area contributed by atoms with Crippen molar-refractivity contribution in [3.63, 3.8) is 0 Å². The molecule has 1 heterocycles. The third kappa shape index (κ3) is 4.21. The van der Waals surface area contributed by atoms with Crippen LogP contribution in [0.5, 0.6) is 0 Å². The van der Waals surface area contributed by atoms with Crippen LogP contribution in [0.15, 0.2) is 59.6 Å². The first-order valence-electron chi connectivity index (χ1n) is 8.20. The molecule has 6 heteroatoms. The standard InChI is InChI=1S/C20H19N3O3/c1-21-20(24)23(25)12-6-8-15-7-5-11-17(13-15)19-22-18(14-26-19)16-9-3-2-4-10-16/h2-5,7,9-11,13,18,25H,12,14H2,1H3,(H,21,24)/t18-/m1/s1. The Bertz CT molecular complexity index is 869. The molecule has 132 valence electrons. The lowest BCUT2D eigenvalue weighted by Gasteiger charge is -2.09. The molecule has 1 atom stereocenters. The fourth-order valence-electron chi connectivity index (χ4n) is 2.53. The van der Waals surface area contributed by atoms with Crippen molar-refractivity contribution < 1.29 is 14.7 Å². The summed E-state index contributed by atoms with van der Waals surface area (Å²) in [6, 6.07) is 16.9. The molecule has 0 bridgehead atoms. The highest BCUT2D eigenvalue weighted by molar-refractivity contribution is 5.95. The molecule has 0 spiro atoms. The Kier molecular flexibility index (Phi) is 5.52. The number of aliphatic imine (C=N–C) groups is 1. The molecule has 0 saturated heterocycles. The van der Waals surface area contributed by atoms with Gasteiger partial charge in [0.25, 0.3) is 0 Å². The van der Waals surface area contributed by atoms with E-state index in [1.54, 1.807) is 0 Å². The molecule has 0 aliphatic carbocycles. The van der Waals surface area contributed by atoms with Crippen LogP contribution in [0.1, 0.15) is 22.7 Å². The van der Waals surface area contributed by atoms with Gasteiger partial charge in [-0.25, -0.2) is 9.79 Å². The van der Waals surface area contributed by atoms with Gasteiger partial charge in [0, 0.05) is 18.2 Å². The van der Waals surface area contributed by atoms with E-state index in [4.69, 9.17) is 4.74 Å². The van der Waals surface area contributed by atoms with Crippen molar-refractivity contribution in [2.75, 3.05) is 20.2 Å². The lowest BCUT2D eigenvalue weighted by molar-refractivity contribution is -0.0301. The number of nitrogens with zero attached hydrogens (tertiary/aromatic N) is 2. The van der Waals surface area contributed by atoms with E-state index in [2.05, 4.69) is 22.2 Å². The Hall–Kier alpha value is -3.30.